The number of carbonyl (C=O) groups is 3. The minimum Gasteiger partial charge on any atom is 0.316 e. The molecule has 0 aliphatic heterocycles. The van der Waals surface area contributed by atoms with Gasteiger partial charge in [-0.1, -0.05) is 0 Å². The molecule has 0 fully saturated rings. The van der Waals surface area contributed by atoms with Gasteiger partial charge < -0.3 is 21.5 Å². The van der Waals surface area contributed by atoms with Crippen LogP contribution in [0.5, 0.6) is 0 Å². The topological polar surface area (TPSA) is 147 Å². The van der Waals surface area contributed by atoms with Crippen molar-refractivity contribution in [1.29, 1.82) is 0 Å². The van der Waals surface area contributed by atoms with Crippen molar-refractivity contribution >= 4 is 78.7 Å². The maximum Gasteiger partial charge on any atom is 0.316 e. The maximum absolute atomic E-state index is 9.00. The summed E-state index contributed by atoms with van der Waals surface area (Å²) in [6.45, 7) is 3.25. The van der Waals surface area contributed by atoms with Crippen LogP contribution in [0.25, 0.3) is 0 Å². The van der Waals surface area contributed by atoms with Crippen LogP contribution in [0.4, 0.5) is 0 Å². The van der Waals surface area contributed by atoms with Crippen LogP contribution in [0.3, 0.4) is 0 Å². The third kappa shape index (κ3) is 14100. The van der Waals surface area contributed by atoms with Gasteiger partial charge in [-0.25, -0.2) is 0 Å². The van der Waals surface area contributed by atoms with Crippen molar-refractivity contribution in [2.24, 2.45) is 0 Å². The molecular weight excluding hydrogens is 246 g/mol. The van der Waals surface area contributed by atoms with Gasteiger partial charge in [0, 0.05) is 20.8 Å². The molecule has 9 heteroatoms. The van der Waals surface area contributed by atoms with Crippen molar-refractivity contribution in [3.05, 3.63) is 0 Å². The SMILES string of the molecule is CC(=O)O.CC(=O)O.CC(=O)O.N.[CaH2].[MgH2]. The fourth-order valence-electron chi connectivity index (χ4n) is 0. The van der Waals surface area contributed by atoms with Crippen molar-refractivity contribution < 1.29 is 29.7 Å². The zero-order valence-electron chi connectivity index (χ0n) is 7.77. The molecule has 0 aliphatic carbocycles. The van der Waals surface area contributed by atoms with Gasteiger partial charge in [0.25, 0.3) is 17.9 Å². The molecule has 0 aliphatic rings. The van der Waals surface area contributed by atoms with E-state index in [0.717, 1.165) is 20.8 Å². The van der Waals surface area contributed by atoms with E-state index in [-0.39, 0.29) is 66.9 Å². The molecule has 0 rings (SSSR count). The molecule has 0 aromatic rings. The first-order chi connectivity index (χ1) is 5.20. The molecule has 0 unspecified atom stereocenters. The van der Waals surface area contributed by atoms with E-state index in [9.17, 15) is 0 Å². The van der Waals surface area contributed by atoms with Gasteiger partial charge in [0.1, 0.15) is 0 Å². The fraction of sp³-hybridized carbons (Fsp3) is 0.500. The Labute approximate surface area is 134 Å². The van der Waals surface area contributed by atoms with E-state index in [1.165, 1.54) is 0 Å². The second kappa shape index (κ2) is 29.3. The predicted octanol–water partition coefficient (Wildman–Crippen LogP) is -1.40. The van der Waals surface area contributed by atoms with Crippen molar-refractivity contribution in [2.75, 3.05) is 0 Å². The first-order valence-electron chi connectivity index (χ1n) is 2.78. The molecule has 0 spiro atoms. The van der Waals surface area contributed by atoms with Crippen LogP contribution in [0, 0.1) is 0 Å². The number of hydrogen-bond acceptors (Lipinski definition) is 4. The molecule has 0 atom stereocenters. The predicted molar refractivity (Wildman–Crippen MR) is 62.0 cm³/mol. The van der Waals surface area contributed by atoms with E-state index in [1.807, 2.05) is 0 Å². The van der Waals surface area contributed by atoms with E-state index in [2.05, 4.69) is 0 Å². The standard InChI is InChI=1S/3C2H4O2.Ca.Mg.H3N.4H/c3*1-2(3)4;;;;;;;/h3*1H3,(H,3,4);;;1H3;;;;. The van der Waals surface area contributed by atoms with Gasteiger partial charge in [-0.2, -0.15) is 0 Å². The van der Waals surface area contributed by atoms with Gasteiger partial charge in [-0.05, 0) is 0 Å². The number of carboxylic acids is 3. The summed E-state index contributed by atoms with van der Waals surface area (Å²) in [5.74, 6) is -2.50. The molecule has 0 amide bonds. The first-order valence-corrected chi connectivity index (χ1v) is 2.78. The summed E-state index contributed by atoms with van der Waals surface area (Å²) in [6, 6.07) is 0. The average molecular weight is 266 g/mol. The largest absolute Gasteiger partial charge is 0.316 e. The zero-order valence-corrected chi connectivity index (χ0v) is 7.77. The Morgan fingerprint density at radius 2 is 0.733 bits per heavy atom. The van der Waals surface area contributed by atoms with Gasteiger partial charge in [-0.15, -0.1) is 0 Å². The second-order valence-electron chi connectivity index (χ2n) is 1.56. The van der Waals surface area contributed by atoms with E-state index < -0.39 is 17.9 Å². The van der Waals surface area contributed by atoms with Crippen LogP contribution >= 0.6 is 0 Å². The van der Waals surface area contributed by atoms with Crippen molar-refractivity contribution in [1.82, 2.24) is 6.15 Å². The third-order valence-electron chi connectivity index (χ3n) is 0. The molecule has 0 heterocycles. The number of carboxylic acid groups (broad SMARTS) is 3. The fourth-order valence-corrected chi connectivity index (χ4v) is 0. The second-order valence-corrected chi connectivity index (χ2v) is 1.56. The van der Waals surface area contributed by atoms with Crippen LogP contribution < -0.4 is 6.15 Å². The summed E-state index contributed by atoms with van der Waals surface area (Å²) < 4.78 is 0. The Kier molecular flexibility index (Phi) is 70.5. The molecule has 0 bridgehead atoms. The molecule has 0 saturated carbocycles. The third-order valence-corrected chi connectivity index (χ3v) is 0. The average Bonchev–Trinajstić information content (AvgIpc) is 1.54. The summed E-state index contributed by atoms with van der Waals surface area (Å²) in [5.41, 5.74) is 0. The molecule has 0 aromatic heterocycles. The van der Waals surface area contributed by atoms with Crippen molar-refractivity contribution in [3.8, 4) is 0 Å². The molecule has 0 saturated heterocycles. The summed E-state index contributed by atoms with van der Waals surface area (Å²) >= 11 is 0. The molecule has 6 N–H and O–H groups in total. The zero-order chi connectivity index (χ0) is 10.7. The van der Waals surface area contributed by atoms with E-state index >= 15 is 0 Å². The maximum atomic E-state index is 9.00. The molecule has 0 radical (unpaired) electrons. The molecule has 0 aromatic carbocycles. The molecule has 15 heavy (non-hydrogen) atoms. The van der Waals surface area contributed by atoms with Gasteiger partial charge in [-0.3, -0.25) is 14.4 Å². The van der Waals surface area contributed by atoms with Crippen LogP contribution in [0.2, 0.25) is 0 Å². The Hall–Kier alpha value is 0.396. The Morgan fingerprint density at radius 1 is 0.733 bits per heavy atom. The van der Waals surface area contributed by atoms with Crippen molar-refractivity contribution in [2.45, 2.75) is 20.8 Å². The summed E-state index contributed by atoms with van der Waals surface area (Å²) in [7, 11) is 0. The van der Waals surface area contributed by atoms with Crippen LogP contribution in [0.1, 0.15) is 20.8 Å². The van der Waals surface area contributed by atoms with Crippen LogP contribution in [-0.4, -0.2) is 94.0 Å². The number of hydrogen-bond donors (Lipinski definition) is 4. The Morgan fingerprint density at radius 3 is 0.733 bits per heavy atom. The smallest absolute Gasteiger partial charge is 0.316 e. The quantitative estimate of drug-likeness (QED) is 0.394. The van der Waals surface area contributed by atoms with Gasteiger partial charge in [0.05, 0.1) is 0 Å². The first kappa shape index (κ1) is 36.1. The van der Waals surface area contributed by atoms with E-state index in [0.29, 0.717) is 0 Å². The minimum absolute atomic E-state index is 0. The minimum atomic E-state index is -0.833. The Bertz CT molecular complexity index is 125. The molecular formula is C6H19CaMgNO6. The molecule has 88 valence electrons. The van der Waals surface area contributed by atoms with Gasteiger partial charge in [0.2, 0.25) is 0 Å². The summed E-state index contributed by atoms with van der Waals surface area (Å²) in [4.78, 5) is 27.0. The van der Waals surface area contributed by atoms with Gasteiger partial charge >= 0.3 is 60.8 Å². The van der Waals surface area contributed by atoms with Crippen LogP contribution in [-0.2, 0) is 14.4 Å². The monoisotopic (exact) mass is 265 g/mol. The summed E-state index contributed by atoms with van der Waals surface area (Å²) in [5, 5.41) is 22.2. The number of aliphatic carboxylic acids is 3. The Balaban J connectivity index is -0.0000000184. The number of rotatable bonds is 0. The normalized spacial score (nSPS) is 5.00. The van der Waals surface area contributed by atoms with Gasteiger partial charge in [0.15, 0.2) is 0 Å². The van der Waals surface area contributed by atoms with E-state index in [1.54, 1.807) is 0 Å². The molecule has 7 nitrogen and oxygen atoms in total. The van der Waals surface area contributed by atoms with Crippen molar-refractivity contribution in [3.63, 3.8) is 0 Å². The van der Waals surface area contributed by atoms with Crippen LogP contribution in [0.15, 0.2) is 0 Å². The van der Waals surface area contributed by atoms with E-state index in [4.69, 9.17) is 29.7 Å². The summed E-state index contributed by atoms with van der Waals surface area (Å²) in [6.07, 6.45) is 0.